The Kier molecular flexibility index (Phi) is 8.09. The van der Waals surface area contributed by atoms with E-state index >= 15 is 0 Å². The molecule has 2 saturated heterocycles. The number of nitrogens with zero attached hydrogens (tertiary/aromatic N) is 2. The smallest absolute Gasteiger partial charge is 0.123 e. The van der Waals surface area contributed by atoms with Crippen LogP contribution in [0.15, 0.2) is 48.5 Å². The Morgan fingerprint density at radius 2 is 1.42 bits per heavy atom. The first kappa shape index (κ1) is 24.2. The zero-order valence-electron chi connectivity index (χ0n) is 19.1. The Bertz CT molecular complexity index is 825. The van der Waals surface area contributed by atoms with Gasteiger partial charge in [0.05, 0.1) is 18.8 Å². The number of halogens is 2. The largest absolute Gasteiger partial charge is 0.394 e. The average molecular weight is 461 g/mol. The Morgan fingerprint density at radius 1 is 0.909 bits per heavy atom. The predicted molar refractivity (Wildman–Crippen MR) is 122 cm³/mol. The van der Waals surface area contributed by atoms with Gasteiger partial charge in [0.25, 0.3) is 0 Å². The van der Waals surface area contributed by atoms with Gasteiger partial charge in [0.1, 0.15) is 23.8 Å². The molecule has 180 valence electrons. The van der Waals surface area contributed by atoms with Crippen molar-refractivity contribution in [3.63, 3.8) is 0 Å². The van der Waals surface area contributed by atoms with E-state index in [0.29, 0.717) is 25.6 Å². The topological polar surface area (TPSA) is 56.2 Å². The summed E-state index contributed by atoms with van der Waals surface area (Å²) in [4.78, 5) is 4.48. The van der Waals surface area contributed by atoms with Gasteiger partial charge in [0.15, 0.2) is 0 Å². The molecule has 2 heterocycles. The summed E-state index contributed by atoms with van der Waals surface area (Å²) < 4.78 is 33.0. The first-order chi connectivity index (χ1) is 15.9. The summed E-state index contributed by atoms with van der Waals surface area (Å²) in [6.07, 6.45) is 0.500. The first-order valence-corrected chi connectivity index (χ1v) is 11.8. The van der Waals surface area contributed by atoms with E-state index in [9.17, 15) is 19.0 Å². The summed E-state index contributed by atoms with van der Waals surface area (Å²) in [6, 6.07) is 12.6. The van der Waals surface area contributed by atoms with Crippen LogP contribution in [0, 0.1) is 17.6 Å². The van der Waals surface area contributed by atoms with E-state index in [-0.39, 0.29) is 30.4 Å². The van der Waals surface area contributed by atoms with Crippen molar-refractivity contribution in [2.75, 3.05) is 26.2 Å². The fourth-order valence-corrected chi connectivity index (χ4v) is 5.04. The molecule has 4 atom stereocenters. The summed E-state index contributed by atoms with van der Waals surface area (Å²) >= 11 is 0. The summed E-state index contributed by atoms with van der Waals surface area (Å²) in [5.41, 5.74) is 1.92. The highest BCUT2D eigenvalue weighted by Gasteiger charge is 2.47. The van der Waals surface area contributed by atoms with Crippen LogP contribution in [0.25, 0.3) is 0 Å². The molecule has 33 heavy (non-hydrogen) atoms. The maximum atomic E-state index is 13.4. The molecule has 7 heteroatoms. The SMILES string of the molecule is CC1CCN([C@@H]2[C@H](O)[C@H](CO)O[C@@H]2CN(Cc2ccc(F)cc2)Cc2ccc(F)cc2)CC1. The van der Waals surface area contributed by atoms with Crippen LogP contribution in [0.3, 0.4) is 0 Å². The number of ether oxygens (including phenoxy) is 1. The minimum atomic E-state index is -0.758. The third-order valence-corrected chi connectivity index (χ3v) is 6.96. The molecular weight excluding hydrogens is 426 g/mol. The van der Waals surface area contributed by atoms with Crippen molar-refractivity contribution in [2.24, 2.45) is 5.92 Å². The molecule has 2 aromatic rings. The van der Waals surface area contributed by atoms with Crippen molar-refractivity contribution in [1.82, 2.24) is 9.80 Å². The molecule has 5 nitrogen and oxygen atoms in total. The minimum absolute atomic E-state index is 0.196. The van der Waals surface area contributed by atoms with Gasteiger partial charge in [-0.2, -0.15) is 0 Å². The van der Waals surface area contributed by atoms with Crippen molar-refractivity contribution in [3.05, 3.63) is 71.3 Å². The lowest BCUT2D eigenvalue weighted by atomic mass is 9.94. The van der Waals surface area contributed by atoms with Crippen LogP contribution >= 0.6 is 0 Å². The second-order valence-electron chi connectivity index (χ2n) is 9.52. The van der Waals surface area contributed by atoms with Crippen LogP contribution in [-0.2, 0) is 17.8 Å². The van der Waals surface area contributed by atoms with Crippen LogP contribution in [0.2, 0.25) is 0 Å². The van der Waals surface area contributed by atoms with Gasteiger partial charge in [-0.15, -0.1) is 0 Å². The van der Waals surface area contributed by atoms with Crippen molar-refractivity contribution in [1.29, 1.82) is 0 Å². The fourth-order valence-electron chi connectivity index (χ4n) is 5.04. The van der Waals surface area contributed by atoms with E-state index in [2.05, 4.69) is 16.7 Å². The maximum Gasteiger partial charge on any atom is 0.123 e. The first-order valence-electron chi connectivity index (χ1n) is 11.8. The lowest BCUT2D eigenvalue weighted by Crippen LogP contribution is -2.53. The van der Waals surface area contributed by atoms with Gasteiger partial charge in [-0.3, -0.25) is 9.80 Å². The molecule has 2 aliphatic rings. The molecular formula is C26H34F2N2O3. The molecule has 0 bridgehead atoms. The minimum Gasteiger partial charge on any atom is -0.394 e. The van der Waals surface area contributed by atoms with Gasteiger partial charge < -0.3 is 14.9 Å². The Labute approximate surface area is 194 Å². The average Bonchev–Trinajstić information content (AvgIpc) is 3.12. The van der Waals surface area contributed by atoms with Crippen LogP contribution in [0.4, 0.5) is 8.78 Å². The number of likely N-dealkylation sites (tertiary alicyclic amines) is 1. The summed E-state index contributed by atoms with van der Waals surface area (Å²) in [5.74, 6) is 0.105. The second-order valence-corrected chi connectivity index (χ2v) is 9.52. The molecule has 0 amide bonds. The molecule has 2 aromatic carbocycles. The van der Waals surface area contributed by atoms with E-state index in [0.717, 1.165) is 37.1 Å². The molecule has 0 radical (unpaired) electrons. The van der Waals surface area contributed by atoms with Crippen LogP contribution in [-0.4, -0.2) is 70.6 Å². The Balaban J connectivity index is 1.53. The number of aliphatic hydroxyl groups excluding tert-OH is 2. The van der Waals surface area contributed by atoms with Gasteiger partial charge in [-0.1, -0.05) is 31.2 Å². The normalized spacial score (nSPS) is 26.8. The number of hydrogen-bond donors (Lipinski definition) is 2. The van der Waals surface area contributed by atoms with E-state index in [1.807, 2.05) is 0 Å². The van der Waals surface area contributed by atoms with E-state index in [1.54, 1.807) is 24.3 Å². The quantitative estimate of drug-likeness (QED) is 0.634. The Morgan fingerprint density at radius 3 is 1.91 bits per heavy atom. The van der Waals surface area contributed by atoms with Gasteiger partial charge in [0, 0.05) is 19.6 Å². The summed E-state index contributed by atoms with van der Waals surface area (Å²) in [5, 5.41) is 20.7. The van der Waals surface area contributed by atoms with Crippen LogP contribution < -0.4 is 0 Å². The van der Waals surface area contributed by atoms with Crippen LogP contribution in [0.5, 0.6) is 0 Å². The van der Waals surface area contributed by atoms with Gasteiger partial charge in [0.2, 0.25) is 0 Å². The van der Waals surface area contributed by atoms with Gasteiger partial charge >= 0.3 is 0 Å². The third-order valence-electron chi connectivity index (χ3n) is 6.96. The van der Waals surface area contributed by atoms with Crippen molar-refractivity contribution >= 4 is 0 Å². The molecule has 0 spiro atoms. The molecule has 2 aliphatic heterocycles. The predicted octanol–water partition coefficient (Wildman–Crippen LogP) is 3.19. The molecule has 0 unspecified atom stereocenters. The molecule has 0 saturated carbocycles. The van der Waals surface area contributed by atoms with E-state index in [1.165, 1.54) is 24.3 Å². The highest BCUT2D eigenvalue weighted by Crippen LogP contribution is 2.30. The standard InChI is InChI=1S/C26H34F2N2O3/c1-18-10-12-30(13-11-18)25-23(33-24(17-31)26(25)32)16-29(14-19-2-6-21(27)7-3-19)15-20-4-8-22(28)9-5-20/h2-9,18,23-26,31-32H,10-17H2,1H3/t23-,24+,25+,26-/m1/s1. The molecule has 4 rings (SSSR count). The number of hydrogen-bond acceptors (Lipinski definition) is 5. The highest BCUT2D eigenvalue weighted by atomic mass is 19.1. The molecule has 2 fully saturated rings. The lowest BCUT2D eigenvalue weighted by Gasteiger charge is -2.39. The molecule has 2 N–H and O–H groups in total. The summed E-state index contributed by atoms with van der Waals surface area (Å²) in [6.45, 7) is 5.46. The van der Waals surface area contributed by atoms with E-state index < -0.39 is 12.2 Å². The molecule has 0 aromatic heterocycles. The van der Waals surface area contributed by atoms with Crippen molar-refractivity contribution in [2.45, 2.75) is 57.2 Å². The molecule has 0 aliphatic carbocycles. The van der Waals surface area contributed by atoms with Crippen LogP contribution in [0.1, 0.15) is 30.9 Å². The zero-order chi connectivity index (χ0) is 23.4. The summed E-state index contributed by atoms with van der Waals surface area (Å²) in [7, 11) is 0. The van der Waals surface area contributed by atoms with Crippen molar-refractivity contribution < 1.29 is 23.7 Å². The number of aliphatic hydroxyl groups is 2. The number of benzene rings is 2. The van der Waals surface area contributed by atoms with Crippen molar-refractivity contribution in [3.8, 4) is 0 Å². The highest BCUT2D eigenvalue weighted by molar-refractivity contribution is 5.18. The van der Waals surface area contributed by atoms with Gasteiger partial charge in [-0.25, -0.2) is 8.78 Å². The number of piperidine rings is 1. The van der Waals surface area contributed by atoms with Gasteiger partial charge in [-0.05, 0) is 67.2 Å². The van der Waals surface area contributed by atoms with E-state index in [4.69, 9.17) is 4.74 Å². The fraction of sp³-hybridized carbons (Fsp3) is 0.538. The monoisotopic (exact) mass is 460 g/mol. The zero-order valence-corrected chi connectivity index (χ0v) is 19.1. The Hall–Kier alpha value is -1.90. The second kappa shape index (κ2) is 11.0. The third kappa shape index (κ3) is 6.16. The maximum absolute atomic E-state index is 13.4. The number of rotatable bonds is 8. The lowest BCUT2D eigenvalue weighted by molar-refractivity contribution is -0.0328.